The number of hydrogen-bond acceptors (Lipinski definition) is 4. The molecule has 0 atom stereocenters. The van der Waals surface area contributed by atoms with E-state index in [2.05, 4.69) is 5.32 Å². The Bertz CT molecular complexity index is 1330. The molecule has 168 valence electrons. The van der Waals surface area contributed by atoms with Crippen LogP contribution in [0.3, 0.4) is 0 Å². The van der Waals surface area contributed by atoms with E-state index in [1.807, 2.05) is 47.9 Å². The molecule has 7 heteroatoms. The fourth-order valence-electron chi connectivity index (χ4n) is 3.83. The molecule has 6 nitrogen and oxygen atoms in total. The van der Waals surface area contributed by atoms with E-state index >= 15 is 0 Å². The van der Waals surface area contributed by atoms with Gasteiger partial charge in [-0.2, -0.15) is 0 Å². The van der Waals surface area contributed by atoms with Gasteiger partial charge in [-0.1, -0.05) is 23.7 Å². The van der Waals surface area contributed by atoms with E-state index < -0.39 is 11.7 Å². The predicted octanol–water partition coefficient (Wildman–Crippen LogP) is 5.49. The average Bonchev–Trinajstić information content (AvgIpc) is 3.10. The monoisotopic (exact) mass is 462 g/mol. The van der Waals surface area contributed by atoms with Crippen molar-refractivity contribution >= 4 is 39.9 Å². The van der Waals surface area contributed by atoms with E-state index in [0.29, 0.717) is 45.4 Å². The third-order valence-corrected chi connectivity index (χ3v) is 5.82. The van der Waals surface area contributed by atoms with Gasteiger partial charge in [-0.15, -0.1) is 0 Å². The SMILES string of the molecule is COc1ccc(NC(=O)C(=O)c2c(C)n(Cc3ccc(Cl)cc3)c3ccc(OC)cc23)cc1. The van der Waals surface area contributed by atoms with Crippen LogP contribution < -0.4 is 14.8 Å². The number of fused-ring (bicyclic) bond motifs is 1. The summed E-state index contributed by atoms with van der Waals surface area (Å²) >= 11 is 6.02. The van der Waals surface area contributed by atoms with Crippen LogP contribution in [-0.4, -0.2) is 30.5 Å². The van der Waals surface area contributed by atoms with Crippen LogP contribution in [0.5, 0.6) is 11.5 Å². The number of amides is 1. The van der Waals surface area contributed by atoms with Crippen molar-refractivity contribution in [2.24, 2.45) is 0 Å². The normalized spacial score (nSPS) is 10.8. The fourth-order valence-corrected chi connectivity index (χ4v) is 3.95. The first-order valence-electron chi connectivity index (χ1n) is 10.3. The number of halogens is 1. The lowest BCUT2D eigenvalue weighted by Gasteiger charge is -2.10. The molecule has 1 N–H and O–H groups in total. The second-order valence-corrected chi connectivity index (χ2v) is 8.00. The molecule has 1 heterocycles. The average molecular weight is 463 g/mol. The standard InChI is InChI=1S/C26H23ClN2O4/c1-16-24(25(30)26(31)28-19-8-10-20(32-2)11-9-19)22-14-21(33-3)12-13-23(22)29(16)15-17-4-6-18(27)7-5-17/h4-14H,15H2,1-3H3,(H,28,31). The largest absolute Gasteiger partial charge is 0.497 e. The predicted molar refractivity (Wildman–Crippen MR) is 130 cm³/mol. The van der Waals surface area contributed by atoms with Crippen molar-refractivity contribution in [1.82, 2.24) is 4.57 Å². The molecule has 1 aromatic heterocycles. The molecule has 0 radical (unpaired) electrons. The number of ether oxygens (including phenoxy) is 2. The number of ketones is 1. The Morgan fingerprint density at radius 2 is 1.55 bits per heavy atom. The zero-order valence-electron chi connectivity index (χ0n) is 18.5. The van der Waals surface area contributed by atoms with Gasteiger partial charge < -0.3 is 19.4 Å². The van der Waals surface area contributed by atoms with Crippen molar-refractivity contribution in [2.45, 2.75) is 13.5 Å². The highest BCUT2D eigenvalue weighted by molar-refractivity contribution is 6.48. The van der Waals surface area contributed by atoms with Crippen molar-refractivity contribution in [2.75, 3.05) is 19.5 Å². The van der Waals surface area contributed by atoms with Crippen LogP contribution in [0.4, 0.5) is 5.69 Å². The number of methoxy groups -OCH3 is 2. The maximum atomic E-state index is 13.3. The van der Waals surface area contributed by atoms with Gasteiger partial charge in [-0.25, -0.2) is 0 Å². The van der Waals surface area contributed by atoms with E-state index in [9.17, 15) is 9.59 Å². The first-order chi connectivity index (χ1) is 15.9. The molecule has 0 bridgehead atoms. The summed E-state index contributed by atoms with van der Waals surface area (Å²) in [5, 5.41) is 4.00. The van der Waals surface area contributed by atoms with Crippen LogP contribution in [-0.2, 0) is 11.3 Å². The van der Waals surface area contributed by atoms with Crippen LogP contribution >= 0.6 is 11.6 Å². The van der Waals surface area contributed by atoms with E-state index in [-0.39, 0.29) is 0 Å². The number of hydrogen-bond donors (Lipinski definition) is 1. The van der Waals surface area contributed by atoms with Gasteiger partial charge in [0.1, 0.15) is 11.5 Å². The molecule has 33 heavy (non-hydrogen) atoms. The summed E-state index contributed by atoms with van der Waals surface area (Å²) in [6.45, 7) is 2.37. The molecular formula is C26H23ClN2O4. The summed E-state index contributed by atoms with van der Waals surface area (Å²) in [4.78, 5) is 26.2. The summed E-state index contributed by atoms with van der Waals surface area (Å²) in [6.07, 6.45) is 0. The summed E-state index contributed by atoms with van der Waals surface area (Å²) in [5.74, 6) is -0.0589. The molecule has 0 saturated carbocycles. The summed E-state index contributed by atoms with van der Waals surface area (Å²) in [6, 6.07) is 19.9. The highest BCUT2D eigenvalue weighted by Gasteiger charge is 2.26. The van der Waals surface area contributed by atoms with E-state index in [1.54, 1.807) is 44.6 Å². The minimum absolute atomic E-state index is 0.351. The number of carbonyl (C=O) groups is 2. The first-order valence-corrected chi connectivity index (χ1v) is 10.7. The van der Waals surface area contributed by atoms with Crippen LogP contribution in [0.1, 0.15) is 21.6 Å². The molecule has 0 aliphatic heterocycles. The van der Waals surface area contributed by atoms with Crippen molar-refractivity contribution in [3.63, 3.8) is 0 Å². The minimum Gasteiger partial charge on any atom is -0.497 e. The van der Waals surface area contributed by atoms with E-state index in [0.717, 1.165) is 11.1 Å². The Hall–Kier alpha value is -3.77. The Morgan fingerprint density at radius 3 is 2.18 bits per heavy atom. The minimum atomic E-state index is -0.711. The smallest absolute Gasteiger partial charge is 0.296 e. The lowest BCUT2D eigenvalue weighted by molar-refractivity contribution is -0.112. The van der Waals surface area contributed by atoms with Crippen molar-refractivity contribution in [3.8, 4) is 11.5 Å². The molecule has 0 fully saturated rings. The third-order valence-electron chi connectivity index (χ3n) is 5.57. The van der Waals surface area contributed by atoms with Gasteiger partial charge in [-0.3, -0.25) is 9.59 Å². The molecule has 0 saturated heterocycles. The lowest BCUT2D eigenvalue weighted by Crippen LogP contribution is -2.23. The highest BCUT2D eigenvalue weighted by atomic mass is 35.5. The number of benzene rings is 3. The van der Waals surface area contributed by atoms with Crippen molar-refractivity contribution in [1.29, 1.82) is 0 Å². The van der Waals surface area contributed by atoms with Crippen LogP contribution in [0.2, 0.25) is 5.02 Å². The maximum absolute atomic E-state index is 13.3. The highest BCUT2D eigenvalue weighted by Crippen LogP contribution is 2.31. The molecule has 0 aliphatic carbocycles. The number of nitrogens with zero attached hydrogens (tertiary/aromatic N) is 1. The Balaban J connectivity index is 1.73. The van der Waals surface area contributed by atoms with Crippen LogP contribution in [0.25, 0.3) is 10.9 Å². The summed E-state index contributed by atoms with van der Waals surface area (Å²) < 4.78 is 12.5. The fraction of sp³-hybridized carbons (Fsp3) is 0.154. The van der Waals surface area contributed by atoms with Crippen molar-refractivity contribution in [3.05, 3.63) is 88.6 Å². The summed E-state index contributed by atoms with van der Waals surface area (Å²) in [7, 11) is 3.13. The van der Waals surface area contributed by atoms with Crippen LogP contribution in [0.15, 0.2) is 66.7 Å². The van der Waals surface area contributed by atoms with Gasteiger partial charge in [-0.05, 0) is 67.1 Å². The van der Waals surface area contributed by atoms with E-state index in [1.165, 1.54) is 0 Å². The van der Waals surface area contributed by atoms with Gasteiger partial charge in [0.2, 0.25) is 0 Å². The zero-order valence-corrected chi connectivity index (χ0v) is 19.3. The number of carbonyl (C=O) groups excluding carboxylic acids is 2. The molecule has 0 unspecified atom stereocenters. The lowest BCUT2D eigenvalue weighted by atomic mass is 10.1. The number of rotatable bonds is 7. The zero-order chi connectivity index (χ0) is 23.5. The molecule has 0 spiro atoms. The molecular weight excluding hydrogens is 440 g/mol. The van der Waals surface area contributed by atoms with Gasteiger partial charge in [0.15, 0.2) is 0 Å². The molecule has 1 amide bonds. The van der Waals surface area contributed by atoms with Gasteiger partial charge in [0.25, 0.3) is 11.7 Å². The second-order valence-electron chi connectivity index (χ2n) is 7.57. The van der Waals surface area contributed by atoms with Gasteiger partial charge >= 0.3 is 0 Å². The molecule has 0 aliphatic rings. The van der Waals surface area contributed by atoms with Gasteiger partial charge in [0, 0.05) is 33.9 Å². The topological polar surface area (TPSA) is 69.6 Å². The third kappa shape index (κ3) is 4.56. The number of nitrogens with one attached hydrogen (secondary N) is 1. The maximum Gasteiger partial charge on any atom is 0.296 e. The molecule has 4 aromatic rings. The van der Waals surface area contributed by atoms with Crippen molar-refractivity contribution < 1.29 is 19.1 Å². The van der Waals surface area contributed by atoms with E-state index in [4.69, 9.17) is 21.1 Å². The summed E-state index contributed by atoms with van der Waals surface area (Å²) in [5.41, 5.74) is 3.42. The molecule has 4 rings (SSSR count). The Labute approximate surface area is 196 Å². The first kappa shape index (κ1) is 22.4. The second kappa shape index (κ2) is 9.38. The Morgan fingerprint density at radius 1 is 0.909 bits per heavy atom. The van der Waals surface area contributed by atoms with Gasteiger partial charge in [0.05, 0.1) is 19.8 Å². The number of anilines is 1. The number of Topliss-reactive ketones (excluding diaryl/α,β-unsaturated/α-hetero) is 1. The quantitative estimate of drug-likeness (QED) is 0.291. The number of aromatic nitrogens is 1. The van der Waals surface area contributed by atoms with Crippen LogP contribution in [0, 0.1) is 6.92 Å². The molecule has 3 aromatic carbocycles. The Kier molecular flexibility index (Phi) is 6.38.